The first-order valence-corrected chi connectivity index (χ1v) is 8.05. The van der Waals surface area contributed by atoms with Gasteiger partial charge in [0, 0.05) is 5.75 Å². The van der Waals surface area contributed by atoms with Crippen LogP contribution in [0.2, 0.25) is 0 Å². The molecule has 2 atom stereocenters. The largest absolute Gasteiger partial charge is 0.410 e. The van der Waals surface area contributed by atoms with Crippen LogP contribution in [0.5, 0.6) is 0 Å². The Hall–Kier alpha value is -0.120. The molecule has 1 heterocycles. The van der Waals surface area contributed by atoms with Crippen LogP contribution in [0, 0.1) is 11.3 Å². The van der Waals surface area contributed by atoms with Gasteiger partial charge in [-0.05, 0) is 18.2 Å². The molecule has 78 valence electrons. The van der Waals surface area contributed by atoms with Gasteiger partial charge in [-0.1, -0.05) is 18.3 Å². The van der Waals surface area contributed by atoms with Crippen LogP contribution in [0.4, 0.5) is 0 Å². The Morgan fingerprint density at radius 3 is 2.86 bits per heavy atom. The van der Waals surface area contributed by atoms with Gasteiger partial charge < -0.3 is 9.63 Å². The molecule has 0 radical (unpaired) electrons. The van der Waals surface area contributed by atoms with E-state index >= 15 is 0 Å². The van der Waals surface area contributed by atoms with Crippen LogP contribution in [-0.4, -0.2) is 22.4 Å². The third-order valence-corrected chi connectivity index (χ3v) is 5.64. The van der Waals surface area contributed by atoms with Gasteiger partial charge in [-0.3, -0.25) is 4.52 Å². The van der Waals surface area contributed by atoms with Gasteiger partial charge in [0.2, 0.25) is 5.69 Å². The maximum absolute atomic E-state index is 10.7. The molecule has 2 unspecified atom stereocenters. The summed E-state index contributed by atoms with van der Waals surface area (Å²) in [6, 6.07) is 1.53. The average Bonchev–Trinajstić information content (AvgIpc) is 2.73. The number of nitriles is 1. The molecule has 14 heavy (non-hydrogen) atoms. The molecule has 0 amide bonds. The van der Waals surface area contributed by atoms with Gasteiger partial charge in [0.25, 0.3) is 0 Å². The second-order valence-electron chi connectivity index (χ2n) is 2.51. The summed E-state index contributed by atoms with van der Waals surface area (Å²) < 4.78 is 9.15. The molecule has 0 bridgehead atoms. The first-order valence-electron chi connectivity index (χ1n) is 3.78. The van der Waals surface area contributed by atoms with E-state index in [1.807, 2.05) is 6.92 Å². The number of nitrogens with zero attached hydrogens (tertiary/aromatic N) is 1. The van der Waals surface area contributed by atoms with Crippen LogP contribution < -0.4 is 0 Å². The third kappa shape index (κ3) is 2.69. The fourth-order valence-corrected chi connectivity index (χ4v) is 4.29. The maximum atomic E-state index is 10.7. The zero-order valence-electron chi connectivity index (χ0n) is 7.30. The number of ether oxygens (including phenoxy) is 1. The van der Waals surface area contributed by atoms with E-state index in [1.54, 1.807) is 0 Å². The van der Waals surface area contributed by atoms with Crippen molar-refractivity contribution in [3.63, 3.8) is 0 Å². The molecule has 0 spiro atoms. The quantitative estimate of drug-likeness (QED) is 0.581. The van der Waals surface area contributed by atoms with Crippen molar-refractivity contribution >= 4 is 34.9 Å². The fraction of sp³-hybridized carbons (Fsp3) is 0.667. The molecule has 0 aromatic carbocycles. The van der Waals surface area contributed by atoms with Crippen LogP contribution in [0.3, 0.4) is 0 Å². The molecule has 1 rings (SSSR count). The topological polar surface area (TPSA) is 82.8 Å². The molecule has 8 heteroatoms. The molecule has 5 nitrogen and oxygen atoms in total. The van der Waals surface area contributed by atoms with Gasteiger partial charge in [-0.15, -0.1) is 0 Å². The number of carbonyl (C=O) groups excluding carboxylic acids is 1. The fourth-order valence-electron chi connectivity index (χ4n) is 0.645. The van der Waals surface area contributed by atoms with Crippen LogP contribution in [0.25, 0.3) is 0 Å². The molecule has 1 saturated heterocycles. The van der Waals surface area contributed by atoms with Gasteiger partial charge >= 0.3 is 11.8 Å². The van der Waals surface area contributed by atoms with Gasteiger partial charge in [0.15, 0.2) is 6.07 Å². The van der Waals surface area contributed by atoms with E-state index in [2.05, 4.69) is 4.74 Å². The van der Waals surface area contributed by atoms with Crippen molar-refractivity contribution in [2.45, 2.75) is 19.1 Å². The number of hydrogen-bond acceptors (Lipinski definition) is 6. The summed E-state index contributed by atoms with van der Waals surface area (Å²) >= 11 is 5.78. The van der Waals surface area contributed by atoms with E-state index < -0.39 is 17.4 Å². The minimum absolute atomic E-state index is 0.615. The molecule has 1 aliphatic rings. The van der Waals surface area contributed by atoms with Crippen LogP contribution >= 0.6 is 17.1 Å². The Morgan fingerprint density at radius 2 is 2.50 bits per heavy atom. The Kier molecular flexibility index (Phi) is 3.56. The highest BCUT2D eigenvalue weighted by molar-refractivity contribution is 8.67. The van der Waals surface area contributed by atoms with Crippen molar-refractivity contribution in [2.75, 3.05) is 5.75 Å². The zero-order chi connectivity index (χ0) is 10.8. The summed E-state index contributed by atoms with van der Waals surface area (Å²) in [5, 5.41) is 8.55. The predicted molar refractivity (Wildman–Crippen MR) is 54.8 cm³/mol. The number of carbonyl (C=O) groups is 1. The molecule has 1 fully saturated rings. The van der Waals surface area contributed by atoms with Gasteiger partial charge in [0.05, 0.1) is 0 Å². The van der Waals surface area contributed by atoms with E-state index in [9.17, 15) is 9.69 Å². The van der Waals surface area contributed by atoms with Crippen LogP contribution in [0.15, 0.2) is 0 Å². The van der Waals surface area contributed by atoms with E-state index in [0.29, 0.717) is 5.75 Å². The normalized spacial score (nSPS) is 28.8. The Morgan fingerprint density at radius 1 is 1.93 bits per heavy atom. The number of cyclic esters (lactones) is 1. The molecular formula is C6H8NO4PS2. The minimum Gasteiger partial charge on any atom is -0.403 e. The van der Waals surface area contributed by atoms with E-state index in [-0.39, 0.29) is 0 Å². The third-order valence-electron chi connectivity index (χ3n) is 1.31. The maximum Gasteiger partial charge on any atom is 0.410 e. The first kappa shape index (κ1) is 12.0. The van der Waals surface area contributed by atoms with Crippen molar-refractivity contribution in [1.29, 1.82) is 5.26 Å². The Balaban J connectivity index is 2.56. The summed E-state index contributed by atoms with van der Waals surface area (Å²) in [6.45, 7) is 1.92. The highest BCUT2D eigenvalue weighted by Crippen LogP contribution is 2.61. The molecule has 1 N–H and O–H groups in total. The smallest absolute Gasteiger partial charge is 0.403 e. The highest BCUT2D eigenvalue weighted by Gasteiger charge is 2.64. The monoisotopic (exact) mass is 253 g/mol. The van der Waals surface area contributed by atoms with Gasteiger partial charge in [-0.2, -0.15) is 5.26 Å². The van der Waals surface area contributed by atoms with Crippen molar-refractivity contribution < 1.29 is 18.9 Å². The Labute approximate surface area is 90.3 Å². The highest BCUT2D eigenvalue weighted by atomic mass is 32.9. The molecule has 0 aromatic heterocycles. The SMILES string of the molecule is CCCSP(O)(=S)OC1(C#N)OC1=O. The molecule has 0 saturated carbocycles. The Bertz CT molecular complexity index is 341. The summed E-state index contributed by atoms with van der Waals surface area (Å²) in [7, 11) is 0. The lowest BCUT2D eigenvalue weighted by molar-refractivity contribution is -0.117. The molecule has 1 aliphatic heterocycles. The van der Waals surface area contributed by atoms with Crippen molar-refractivity contribution in [2.24, 2.45) is 0 Å². The van der Waals surface area contributed by atoms with Gasteiger partial charge in [-0.25, -0.2) is 4.79 Å². The van der Waals surface area contributed by atoms with E-state index in [1.165, 1.54) is 6.07 Å². The van der Waals surface area contributed by atoms with E-state index in [0.717, 1.165) is 17.8 Å². The summed E-state index contributed by atoms with van der Waals surface area (Å²) in [4.78, 5) is 20.2. The molecule has 0 aromatic rings. The van der Waals surface area contributed by atoms with Crippen molar-refractivity contribution in [3.8, 4) is 6.07 Å². The van der Waals surface area contributed by atoms with Crippen molar-refractivity contribution in [1.82, 2.24) is 0 Å². The standard InChI is InChI=1S/C6H8NO4PS2/c1-2-3-14-12(9,13)11-6(4-7)5(8)10-6/h2-3H2,1H3,(H,9,13). The lowest BCUT2D eigenvalue weighted by Gasteiger charge is -2.13. The number of hydrogen-bond donors (Lipinski definition) is 1. The lowest BCUT2D eigenvalue weighted by Crippen LogP contribution is -2.12. The first-order chi connectivity index (χ1) is 6.46. The van der Waals surface area contributed by atoms with Crippen molar-refractivity contribution in [3.05, 3.63) is 0 Å². The summed E-state index contributed by atoms with van der Waals surface area (Å²) in [5.74, 6) is -2.10. The second-order valence-corrected chi connectivity index (χ2v) is 8.73. The lowest BCUT2D eigenvalue weighted by atomic mass is 10.4. The average molecular weight is 253 g/mol. The van der Waals surface area contributed by atoms with Crippen LogP contribution in [-0.2, 0) is 25.9 Å². The minimum atomic E-state index is -3.14. The predicted octanol–water partition coefficient (Wildman–Crippen LogP) is 1.14. The summed E-state index contributed by atoms with van der Waals surface area (Å²) in [6.07, 6.45) is 0.821. The van der Waals surface area contributed by atoms with E-state index in [4.69, 9.17) is 21.6 Å². The zero-order valence-corrected chi connectivity index (χ0v) is 9.82. The van der Waals surface area contributed by atoms with Crippen LogP contribution in [0.1, 0.15) is 13.3 Å². The summed E-state index contributed by atoms with van der Waals surface area (Å²) in [5.41, 5.74) is -3.14. The second kappa shape index (κ2) is 4.17. The molecular weight excluding hydrogens is 245 g/mol. The number of rotatable bonds is 5. The number of epoxide rings is 1. The van der Waals surface area contributed by atoms with Gasteiger partial charge in [0.1, 0.15) is 0 Å². The molecule has 0 aliphatic carbocycles.